The number of hydrogen-bond acceptors (Lipinski definition) is 5. The number of rotatable bonds is 6. The van der Waals surface area contributed by atoms with Crippen LogP contribution in [-0.2, 0) is 4.79 Å². The van der Waals surface area contributed by atoms with Gasteiger partial charge in [-0.15, -0.1) is 0 Å². The molecule has 124 valence electrons. The third-order valence-corrected chi connectivity index (χ3v) is 3.74. The quantitative estimate of drug-likeness (QED) is 0.464. The van der Waals surface area contributed by atoms with Crippen LogP contribution in [0, 0.1) is 10.1 Å². The summed E-state index contributed by atoms with van der Waals surface area (Å²) in [4.78, 5) is 22.3. The lowest BCUT2D eigenvalue weighted by molar-refractivity contribution is -0.386. The third-order valence-electron chi connectivity index (χ3n) is 3.02. The van der Waals surface area contributed by atoms with E-state index < -0.39 is 16.9 Å². The Kier molecular flexibility index (Phi) is 6.02. The van der Waals surface area contributed by atoms with E-state index >= 15 is 0 Å². The summed E-state index contributed by atoms with van der Waals surface area (Å²) in [5.41, 5.74) is 2.94. The standard InChI is InChI=1S/C16H14BrN3O4/c1-11(24-15-9-5-4-8-14(15)20(22)23)16(21)19-18-10-12-6-2-3-7-13(12)17/h2-11H,1H3,(H,19,21)/t11-/m1/s1. The van der Waals surface area contributed by atoms with E-state index in [1.807, 2.05) is 24.3 Å². The Balaban J connectivity index is 1.98. The maximum absolute atomic E-state index is 12.0. The molecule has 24 heavy (non-hydrogen) atoms. The molecule has 2 aromatic carbocycles. The summed E-state index contributed by atoms with van der Waals surface area (Å²) in [7, 11) is 0. The highest BCUT2D eigenvalue weighted by molar-refractivity contribution is 9.10. The predicted octanol–water partition coefficient (Wildman–Crippen LogP) is 3.27. The van der Waals surface area contributed by atoms with Crippen LogP contribution in [0.2, 0.25) is 0 Å². The van der Waals surface area contributed by atoms with Crippen molar-refractivity contribution < 1.29 is 14.5 Å². The van der Waals surface area contributed by atoms with Gasteiger partial charge in [0.25, 0.3) is 5.91 Å². The zero-order valence-corrected chi connectivity index (χ0v) is 14.3. The molecule has 0 saturated heterocycles. The van der Waals surface area contributed by atoms with E-state index in [2.05, 4.69) is 26.5 Å². The summed E-state index contributed by atoms with van der Waals surface area (Å²) in [5, 5.41) is 14.8. The average molecular weight is 392 g/mol. The molecule has 0 saturated carbocycles. The molecule has 0 unspecified atom stereocenters. The van der Waals surface area contributed by atoms with E-state index in [0.29, 0.717) is 0 Å². The third kappa shape index (κ3) is 4.63. The highest BCUT2D eigenvalue weighted by Crippen LogP contribution is 2.26. The van der Waals surface area contributed by atoms with Gasteiger partial charge in [-0.05, 0) is 19.1 Å². The van der Waals surface area contributed by atoms with Crippen LogP contribution in [0.4, 0.5) is 5.69 Å². The number of ether oxygens (including phenoxy) is 1. The number of benzene rings is 2. The van der Waals surface area contributed by atoms with E-state index in [-0.39, 0.29) is 11.4 Å². The molecule has 1 atom stereocenters. The molecule has 2 aromatic rings. The highest BCUT2D eigenvalue weighted by Gasteiger charge is 2.20. The fraction of sp³-hybridized carbons (Fsp3) is 0.125. The van der Waals surface area contributed by atoms with Crippen LogP contribution in [0.1, 0.15) is 12.5 Å². The van der Waals surface area contributed by atoms with Crippen molar-refractivity contribution in [1.29, 1.82) is 0 Å². The van der Waals surface area contributed by atoms with E-state index in [0.717, 1.165) is 10.0 Å². The molecule has 0 aliphatic carbocycles. The van der Waals surface area contributed by atoms with Crippen molar-refractivity contribution in [2.75, 3.05) is 0 Å². The Morgan fingerprint density at radius 3 is 2.67 bits per heavy atom. The molecular formula is C16H14BrN3O4. The molecule has 0 bridgehead atoms. The number of halogens is 1. The van der Waals surface area contributed by atoms with Crippen LogP contribution in [0.15, 0.2) is 58.1 Å². The molecule has 0 aliphatic heterocycles. The van der Waals surface area contributed by atoms with Crippen molar-refractivity contribution in [3.8, 4) is 5.75 Å². The number of hydrogen-bond donors (Lipinski definition) is 1. The maximum Gasteiger partial charge on any atom is 0.310 e. The zero-order valence-electron chi connectivity index (χ0n) is 12.7. The number of nitro benzene ring substituents is 1. The molecule has 0 heterocycles. The van der Waals surface area contributed by atoms with Gasteiger partial charge in [-0.3, -0.25) is 14.9 Å². The normalized spacial score (nSPS) is 11.9. The SMILES string of the molecule is C[C@@H](Oc1ccccc1[N+](=O)[O-])C(=O)NN=Cc1ccccc1Br. The van der Waals surface area contributed by atoms with Gasteiger partial charge in [0.1, 0.15) is 0 Å². The number of nitro groups is 1. The first-order valence-electron chi connectivity index (χ1n) is 6.96. The number of carbonyl (C=O) groups is 1. The summed E-state index contributed by atoms with van der Waals surface area (Å²) in [6, 6.07) is 13.3. The van der Waals surface area contributed by atoms with E-state index in [1.54, 1.807) is 6.07 Å². The van der Waals surface area contributed by atoms with Crippen LogP contribution in [0.25, 0.3) is 0 Å². The first-order chi connectivity index (χ1) is 11.5. The predicted molar refractivity (Wildman–Crippen MR) is 93.1 cm³/mol. The minimum absolute atomic E-state index is 0.0277. The van der Waals surface area contributed by atoms with E-state index in [1.165, 1.54) is 31.3 Å². The van der Waals surface area contributed by atoms with Crippen LogP contribution in [0.5, 0.6) is 5.75 Å². The number of nitrogens with zero attached hydrogens (tertiary/aromatic N) is 2. The van der Waals surface area contributed by atoms with Crippen molar-refractivity contribution in [3.05, 3.63) is 68.7 Å². The lowest BCUT2D eigenvalue weighted by atomic mass is 10.2. The molecule has 1 N–H and O–H groups in total. The second kappa shape index (κ2) is 8.21. The average Bonchev–Trinajstić information content (AvgIpc) is 2.56. The summed E-state index contributed by atoms with van der Waals surface area (Å²) in [5.74, 6) is -0.489. The molecule has 8 heteroatoms. The van der Waals surface area contributed by atoms with Crippen LogP contribution < -0.4 is 10.2 Å². The molecule has 0 spiro atoms. The number of hydrazone groups is 1. The summed E-state index contributed by atoms with van der Waals surface area (Å²) >= 11 is 3.37. The van der Waals surface area contributed by atoms with E-state index in [9.17, 15) is 14.9 Å². The number of nitrogens with one attached hydrogen (secondary N) is 1. The second-order valence-electron chi connectivity index (χ2n) is 4.74. The van der Waals surface area contributed by atoms with Gasteiger partial charge in [-0.1, -0.05) is 46.3 Å². The van der Waals surface area contributed by atoms with Gasteiger partial charge in [0.05, 0.1) is 11.1 Å². The first kappa shape index (κ1) is 17.6. The van der Waals surface area contributed by atoms with Gasteiger partial charge >= 0.3 is 5.69 Å². The largest absolute Gasteiger partial charge is 0.474 e. The van der Waals surface area contributed by atoms with Crippen molar-refractivity contribution in [2.45, 2.75) is 13.0 Å². The zero-order chi connectivity index (χ0) is 17.5. The maximum atomic E-state index is 12.0. The molecular weight excluding hydrogens is 378 g/mol. The summed E-state index contributed by atoms with van der Waals surface area (Å²) in [6.45, 7) is 1.49. The lowest BCUT2D eigenvalue weighted by Crippen LogP contribution is -2.33. The lowest BCUT2D eigenvalue weighted by Gasteiger charge is -2.12. The van der Waals surface area contributed by atoms with Crippen LogP contribution in [0.3, 0.4) is 0 Å². The monoisotopic (exact) mass is 391 g/mol. The molecule has 0 aromatic heterocycles. The summed E-state index contributed by atoms with van der Waals surface area (Å²) in [6.07, 6.45) is 0.544. The topological polar surface area (TPSA) is 93.8 Å². The van der Waals surface area contributed by atoms with Gasteiger partial charge < -0.3 is 4.74 Å². The van der Waals surface area contributed by atoms with Crippen molar-refractivity contribution in [1.82, 2.24) is 5.43 Å². The molecule has 1 amide bonds. The van der Waals surface area contributed by atoms with Gasteiger partial charge in [-0.2, -0.15) is 5.10 Å². The van der Waals surface area contributed by atoms with Crippen molar-refractivity contribution in [2.24, 2.45) is 5.10 Å². The van der Waals surface area contributed by atoms with Gasteiger partial charge in [0, 0.05) is 16.1 Å². The highest BCUT2D eigenvalue weighted by atomic mass is 79.9. The fourth-order valence-electron chi connectivity index (χ4n) is 1.79. The Bertz CT molecular complexity index is 779. The molecule has 7 nitrogen and oxygen atoms in total. The summed E-state index contributed by atoms with van der Waals surface area (Å²) < 4.78 is 6.20. The molecule has 2 rings (SSSR count). The Morgan fingerprint density at radius 1 is 1.29 bits per heavy atom. The minimum Gasteiger partial charge on any atom is -0.474 e. The Hall–Kier alpha value is -2.74. The second-order valence-corrected chi connectivity index (χ2v) is 5.60. The Morgan fingerprint density at radius 2 is 1.96 bits per heavy atom. The van der Waals surface area contributed by atoms with Crippen molar-refractivity contribution in [3.63, 3.8) is 0 Å². The van der Waals surface area contributed by atoms with Gasteiger partial charge in [0.2, 0.25) is 0 Å². The molecule has 0 fully saturated rings. The van der Waals surface area contributed by atoms with E-state index in [4.69, 9.17) is 4.74 Å². The van der Waals surface area contributed by atoms with Gasteiger partial charge in [0.15, 0.2) is 11.9 Å². The molecule has 0 radical (unpaired) electrons. The van der Waals surface area contributed by atoms with Gasteiger partial charge in [-0.25, -0.2) is 5.43 Å². The first-order valence-corrected chi connectivity index (χ1v) is 7.76. The fourth-order valence-corrected chi connectivity index (χ4v) is 2.17. The smallest absolute Gasteiger partial charge is 0.310 e. The minimum atomic E-state index is -0.942. The van der Waals surface area contributed by atoms with Crippen LogP contribution >= 0.6 is 15.9 Å². The number of carbonyl (C=O) groups excluding carboxylic acids is 1. The number of para-hydroxylation sites is 2. The van der Waals surface area contributed by atoms with Crippen molar-refractivity contribution >= 4 is 33.7 Å². The Labute approximate surface area is 146 Å². The van der Waals surface area contributed by atoms with Crippen LogP contribution in [-0.4, -0.2) is 23.1 Å². The molecule has 0 aliphatic rings. The number of amides is 1.